The lowest BCUT2D eigenvalue weighted by Crippen LogP contribution is -2.38. The van der Waals surface area contributed by atoms with Crippen LogP contribution in [-0.2, 0) is 11.3 Å². The summed E-state index contributed by atoms with van der Waals surface area (Å²) in [6.07, 6.45) is 10.9. The fourth-order valence-electron chi connectivity index (χ4n) is 4.00. The van der Waals surface area contributed by atoms with Crippen LogP contribution in [0.3, 0.4) is 0 Å². The average Bonchev–Trinajstić information content (AvgIpc) is 3.50. The van der Waals surface area contributed by atoms with Crippen molar-refractivity contribution >= 4 is 34.9 Å². The molecule has 2 aliphatic heterocycles. The number of rotatable bonds is 7. The molecule has 2 amide bonds. The highest BCUT2D eigenvalue weighted by molar-refractivity contribution is 8.18. The number of thioether (sulfide) groups is 1. The Hall–Kier alpha value is -3.57. The number of hydrogen-bond donors (Lipinski definition) is 3. The predicted octanol–water partition coefficient (Wildman–Crippen LogP) is 2.59. The SMILES string of the molecule is O=C1NC(=O)C(=Cc2ccnc(N3CCC(CNCc4ccc(-c5cn[nH]c5)nc4)CC3)n2)S1. The van der Waals surface area contributed by atoms with E-state index in [1.807, 2.05) is 18.5 Å². The number of piperidine rings is 1. The monoisotopic (exact) mass is 476 g/mol. The van der Waals surface area contributed by atoms with E-state index >= 15 is 0 Å². The van der Waals surface area contributed by atoms with Crippen LogP contribution in [0.15, 0.2) is 47.9 Å². The van der Waals surface area contributed by atoms with E-state index in [0.717, 1.165) is 67.6 Å². The van der Waals surface area contributed by atoms with Crippen LogP contribution in [0.2, 0.25) is 0 Å². The van der Waals surface area contributed by atoms with Crippen molar-refractivity contribution in [3.05, 3.63) is 59.1 Å². The first-order valence-electron chi connectivity index (χ1n) is 11.1. The summed E-state index contributed by atoms with van der Waals surface area (Å²) < 4.78 is 0. The summed E-state index contributed by atoms with van der Waals surface area (Å²) in [4.78, 5) is 39.1. The van der Waals surface area contributed by atoms with Crippen molar-refractivity contribution in [2.24, 2.45) is 5.92 Å². The maximum atomic E-state index is 11.8. The molecule has 3 N–H and O–H groups in total. The van der Waals surface area contributed by atoms with Crippen molar-refractivity contribution in [1.29, 1.82) is 0 Å². The number of nitrogens with one attached hydrogen (secondary N) is 3. The van der Waals surface area contributed by atoms with Crippen LogP contribution < -0.4 is 15.5 Å². The van der Waals surface area contributed by atoms with E-state index in [1.54, 1.807) is 24.5 Å². The molecule has 0 aliphatic carbocycles. The zero-order valence-electron chi connectivity index (χ0n) is 18.4. The van der Waals surface area contributed by atoms with Gasteiger partial charge in [0, 0.05) is 43.8 Å². The first-order chi connectivity index (χ1) is 16.6. The molecule has 3 aromatic heterocycles. The summed E-state index contributed by atoms with van der Waals surface area (Å²) in [5, 5.41) is 12.2. The summed E-state index contributed by atoms with van der Waals surface area (Å²) in [7, 11) is 0. The summed E-state index contributed by atoms with van der Waals surface area (Å²) in [5.74, 6) is 0.858. The number of carbonyl (C=O) groups excluding carboxylic acids is 2. The van der Waals surface area contributed by atoms with Crippen molar-refractivity contribution in [2.75, 3.05) is 24.5 Å². The fraction of sp³-hybridized carbons (Fsp3) is 0.304. The first kappa shape index (κ1) is 22.2. The molecule has 10 nitrogen and oxygen atoms in total. The lowest BCUT2D eigenvalue weighted by Gasteiger charge is -2.32. The summed E-state index contributed by atoms with van der Waals surface area (Å²) in [6.45, 7) is 3.49. The van der Waals surface area contributed by atoms with Crippen molar-refractivity contribution in [3.8, 4) is 11.3 Å². The van der Waals surface area contributed by atoms with E-state index in [-0.39, 0.29) is 11.1 Å². The number of H-pyrrole nitrogens is 1. The molecule has 2 saturated heterocycles. The highest BCUT2D eigenvalue weighted by atomic mass is 32.2. The summed E-state index contributed by atoms with van der Waals surface area (Å²) in [6, 6.07) is 5.84. The standard InChI is InChI=1S/C23H24N8O2S/c32-21-20(34-23(33)30-21)9-18-3-6-25-22(29-18)31-7-4-15(5-8-31)10-24-11-16-1-2-19(26-12-16)17-13-27-28-14-17/h1-3,6,9,12-15,24H,4-5,7-8,10-11H2,(H,27,28)(H,30,32,33). The van der Waals surface area contributed by atoms with E-state index in [1.165, 1.54) is 0 Å². The molecule has 0 aromatic carbocycles. The van der Waals surface area contributed by atoms with Gasteiger partial charge in [-0.3, -0.25) is 25.0 Å². The molecule has 34 heavy (non-hydrogen) atoms. The molecule has 0 unspecified atom stereocenters. The van der Waals surface area contributed by atoms with Crippen LogP contribution in [0, 0.1) is 5.92 Å². The number of aromatic nitrogens is 5. The van der Waals surface area contributed by atoms with Gasteiger partial charge in [-0.25, -0.2) is 9.97 Å². The largest absolute Gasteiger partial charge is 0.341 e. The van der Waals surface area contributed by atoms with Gasteiger partial charge < -0.3 is 10.2 Å². The second-order valence-corrected chi connectivity index (χ2v) is 9.25. The minimum atomic E-state index is -0.381. The minimum Gasteiger partial charge on any atom is -0.341 e. The Kier molecular flexibility index (Phi) is 6.63. The number of hydrogen-bond acceptors (Lipinski definition) is 9. The Bertz CT molecular complexity index is 1190. The number of aromatic amines is 1. The number of amides is 2. The normalized spacial score (nSPS) is 18.0. The second-order valence-electron chi connectivity index (χ2n) is 8.23. The van der Waals surface area contributed by atoms with E-state index < -0.39 is 0 Å². The van der Waals surface area contributed by atoms with E-state index in [9.17, 15) is 9.59 Å². The predicted molar refractivity (Wildman–Crippen MR) is 130 cm³/mol. The average molecular weight is 477 g/mol. The molecule has 0 spiro atoms. The van der Waals surface area contributed by atoms with Gasteiger partial charge in [-0.1, -0.05) is 6.07 Å². The van der Waals surface area contributed by atoms with Crippen molar-refractivity contribution in [2.45, 2.75) is 19.4 Å². The molecule has 0 bridgehead atoms. The lowest BCUT2D eigenvalue weighted by atomic mass is 9.97. The Morgan fingerprint density at radius 3 is 2.74 bits per heavy atom. The van der Waals surface area contributed by atoms with Gasteiger partial charge >= 0.3 is 0 Å². The number of anilines is 1. The lowest BCUT2D eigenvalue weighted by molar-refractivity contribution is -0.115. The molecule has 5 heterocycles. The molecule has 2 aliphatic rings. The Morgan fingerprint density at radius 2 is 2.03 bits per heavy atom. The fourth-order valence-corrected chi connectivity index (χ4v) is 4.67. The highest BCUT2D eigenvalue weighted by Gasteiger charge is 2.25. The third-order valence-electron chi connectivity index (χ3n) is 5.86. The van der Waals surface area contributed by atoms with Crippen LogP contribution in [0.25, 0.3) is 17.3 Å². The van der Waals surface area contributed by atoms with Crippen LogP contribution >= 0.6 is 11.8 Å². The van der Waals surface area contributed by atoms with Crippen molar-refractivity contribution < 1.29 is 9.59 Å². The third-order valence-corrected chi connectivity index (χ3v) is 6.67. The third kappa shape index (κ3) is 5.32. The van der Waals surface area contributed by atoms with Crippen LogP contribution in [0.4, 0.5) is 10.7 Å². The van der Waals surface area contributed by atoms with Gasteiger partial charge in [0.25, 0.3) is 11.1 Å². The Labute approximate surface area is 200 Å². The summed E-state index contributed by atoms with van der Waals surface area (Å²) >= 11 is 0.889. The van der Waals surface area contributed by atoms with Gasteiger partial charge in [-0.2, -0.15) is 5.10 Å². The van der Waals surface area contributed by atoms with Crippen LogP contribution in [0.1, 0.15) is 24.1 Å². The van der Waals surface area contributed by atoms with Crippen LogP contribution in [-0.4, -0.2) is 55.9 Å². The molecule has 174 valence electrons. The zero-order chi connectivity index (χ0) is 23.3. The number of carbonyl (C=O) groups is 2. The quantitative estimate of drug-likeness (QED) is 0.441. The molecular weight excluding hydrogens is 452 g/mol. The van der Waals surface area contributed by atoms with Gasteiger partial charge in [-0.05, 0) is 60.8 Å². The van der Waals surface area contributed by atoms with Gasteiger partial charge in [0.15, 0.2) is 0 Å². The number of imide groups is 1. The minimum absolute atomic E-state index is 0.353. The molecule has 0 saturated carbocycles. The smallest absolute Gasteiger partial charge is 0.290 e. The molecule has 11 heteroatoms. The van der Waals surface area contributed by atoms with Gasteiger partial charge in [0.05, 0.1) is 22.5 Å². The number of nitrogens with zero attached hydrogens (tertiary/aromatic N) is 5. The highest BCUT2D eigenvalue weighted by Crippen LogP contribution is 2.26. The van der Waals surface area contributed by atoms with Crippen molar-refractivity contribution in [1.82, 2.24) is 35.8 Å². The van der Waals surface area contributed by atoms with Gasteiger partial charge in [0.2, 0.25) is 5.95 Å². The Morgan fingerprint density at radius 1 is 1.15 bits per heavy atom. The van der Waals surface area contributed by atoms with Crippen LogP contribution in [0.5, 0.6) is 0 Å². The summed E-state index contributed by atoms with van der Waals surface area (Å²) in [5.41, 5.74) is 3.66. The molecule has 2 fully saturated rings. The van der Waals surface area contributed by atoms with E-state index in [2.05, 4.69) is 46.7 Å². The maximum absolute atomic E-state index is 11.8. The number of pyridine rings is 1. The molecular formula is C23H24N8O2S. The molecule has 5 rings (SSSR count). The molecule has 0 atom stereocenters. The van der Waals surface area contributed by atoms with Crippen molar-refractivity contribution in [3.63, 3.8) is 0 Å². The first-order valence-corrected chi connectivity index (χ1v) is 11.9. The zero-order valence-corrected chi connectivity index (χ0v) is 19.2. The Balaban J connectivity index is 1.09. The van der Waals surface area contributed by atoms with E-state index in [4.69, 9.17) is 0 Å². The topological polar surface area (TPSA) is 129 Å². The molecule has 3 aromatic rings. The van der Waals surface area contributed by atoms with Gasteiger partial charge in [-0.15, -0.1) is 0 Å². The van der Waals surface area contributed by atoms with E-state index in [0.29, 0.717) is 22.5 Å². The van der Waals surface area contributed by atoms with Gasteiger partial charge in [0.1, 0.15) is 0 Å². The molecule has 0 radical (unpaired) electrons. The second kappa shape index (κ2) is 10.1. The maximum Gasteiger partial charge on any atom is 0.290 e.